The highest BCUT2D eigenvalue weighted by atomic mass is 35.5. The molecule has 13 heteroatoms. The highest BCUT2D eigenvalue weighted by Crippen LogP contribution is 2.31. The van der Waals surface area contributed by atoms with Gasteiger partial charge in [0, 0.05) is 17.0 Å². The highest BCUT2D eigenvalue weighted by molar-refractivity contribution is 7.89. The molecule has 0 aliphatic carbocycles. The molecule has 0 saturated carbocycles. The molecule has 0 radical (unpaired) electrons. The number of nitrogens with zero attached hydrogens (tertiary/aromatic N) is 2. The number of aliphatic carboxylic acids is 1. The van der Waals surface area contributed by atoms with Crippen molar-refractivity contribution < 1.29 is 18.3 Å². The van der Waals surface area contributed by atoms with Gasteiger partial charge in [-0.2, -0.15) is 4.99 Å². The SMILES string of the molecule is CC(C)(C)[C@@H](NNS(=O)(=O)c1ccc2c(Cl)cnc(N=C(N)N)c2c1)C(=O)O.Cl. The summed E-state index contributed by atoms with van der Waals surface area (Å²) in [6.07, 6.45) is 1.35. The number of fused-ring (bicyclic) bond motifs is 1. The lowest BCUT2D eigenvalue weighted by atomic mass is 9.87. The number of rotatable bonds is 6. The molecule has 160 valence electrons. The van der Waals surface area contributed by atoms with Gasteiger partial charge in [0.25, 0.3) is 10.0 Å². The number of nitrogens with one attached hydrogen (secondary N) is 2. The van der Waals surface area contributed by atoms with E-state index in [1.807, 2.05) is 0 Å². The minimum atomic E-state index is -4.10. The Morgan fingerprint density at radius 3 is 2.41 bits per heavy atom. The first-order chi connectivity index (χ1) is 12.8. The largest absolute Gasteiger partial charge is 0.480 e. The smallest absolute Gasteiger partial charge is 0.322 e. The predicted octanol–water partition coefficient (Wildman–Crippen LogP) is 1.50. The van der Waals surface area contributed by atoms with Gasteiger partial charge in [-0.25, -0.2) is 18.8 Å². The first kappa shape index (κ1) is 24.9. The average Bonchev–Trinajstić information content (AvgIpc) is 2.55. The second kappa shape index (κ2) is 9.09. The standard InChI is InChI=1S/C16H21ClN6O4S.ClH/c1-16(2,3)12(14(24)25)22-23-28(26,27)8-4-5-9-10(6-8)13(21-15(18)19)20-7-11(9)17;/h4-7,12,22-23H,1-3H3,(H,24,25)(H4,18,19,20,21);1H/t12-;/m0./s1. The zero-order valence-corrected chi connectivity index (χ0v) is 18.2. The summed E-state index contributed by atoms with van der Waals surface area (Å²) >= 11 is 6.10. The Morgan fingerprint density at radius 1 is 1.28 bits per heavy atom. The summed E-state index contributed by atoms with van der Waals surface area (Å²) in [6.45, 7) is 4.99. The van der Waals surface area contributed by atoms with Gasteiger partial charge in [-0.3, -0.25) is 4.79 Å². The van der Waals surface area contributed by atoms with E-state index in [1.165, 1.54) is 24.4 Å². The fraction of sp³-hybridized carbons (Fsp3) is 0.312. The third kappa shape index (κ3) is 5.90. The van der Waals surface area contributed by atoms with E-state index in [0.717, 1.165) is 0 Å². The van der Waals surface area contributed by atoms with Crippen molar-refractivity contribution in [1.82, 2.24) is 15.2 Å². The number of aliphatic imine (C=N–C) groups is 1. The molecule has 2 rings (SSSR count). The Hall–Kier alpha value is -2.18. The molecular formula is C16H22Cl2N6O4S. The lowest BCUT2D eigenvalue weighted by molar-refractivity contribution is -0.142. The first-order valence-corrected chi connectivity index (χ1v) is 9.87. The lowest BCUT2D eigenvalue weighted by Gasteiger charge is -2.27. The fourth-order valence-corrected chi connectivity index (χ4v) is 3.52. The molecule has 0 aliphatic heterocycles. The van der Waals surface area contributed by atoms with Crippen LogP contribution in [0.15, 0.2) is 34.3 Å². The third-order valence-electron chi connectivity index (χ3n) is 3.79. The number of aromatic nitrogens is 1. The Balaban J connectivity index is 0.00000420. The maximum Gasteiger partial charge on any atom is 0.322 e. The number of sulfonamides is 1. The van der Waals surface area contributed by atoms with Gasteiger partial charge in [-0.1, -0.05) is 38.4 Å². The van der Waals surface area contributed by atoms with Gasteiger partial charge in [-0.05, 0) is 17.5 Å². The van der Waals surface area contributed by atoms with Crippen LogP contribution in [-0.4, -0.2) is 36.5 Å². The second-order valence-corrected chi connectivity index (χ2v) is 9.15. The van der Waals surface area contributed by atoms with Crippen molar-refractivity contribution in [2.75, 3.05) is 0 Å². The van der Waals surface area contributed by atoms with Crippen molar-refractivity contribution in [3.63, 3.8) is 0 Å². The van der Waals surface area contributed by atoms with Crippen LogP contribution >= 0.6 is 24.0 Å². The van der Waals surface area contributed by atoms with E-state index in [9.17, 15) is 18.3 Å². The average molecular weight is 465 g/mol. The van der Waals surface area contributed by atoms with Crippen molar-refractivity contribution in [2.45, 2.75) is 31.7 Å². The summed E-state index contributed by atoms with van der Waals surface area (Å²) in [5, 5.41) is 10.4. The van der Waals surface area contributed by atoms with E-state index in [2.05, 4.69) is 20.2 Å². The molecule has 1 aromatic heterocycles. The first-order valence-electron chi connectivity index (χ1n) is 8.01. The molecule has 1 atom stereocenters. The molecule has 0 bridgehead atoms. The van der Waals surface area contributed by atoms with Gasteiger partial charge in [-0.15, -0.1) is 17.2 Å². The van der Waals surface area contributed by atoms with E-state index >= 15 is 0 Å². The molecule has 10 nitrogen and oxygen atoms in total. The number of halogens is 2. The number of hydrogen-bond acceptors (Lipinski definition) is 6. The summed E-state index contributed by atoms with van der Waals surface area (Å²) in [5.41, 5.74) is 12.4. The minimum absolute atomic E-state index is 0. The van der Waals surface area contributed by atoms with Crippen LogP contribution in [0.25, 0.3) is 10.8 Å². The minimum Gasteiger partial charge on any atom is -0.480 e. The fourth-order valence-electron chi connectivity index (χ4n) is 2.40. The summed E-state index contributed by atoms with van der Waals surface area (Å²) in [7, 11) is -4.10. The number of guanidine groups is 1. The summed E-state index contributed by atoms with van der Waals surface area (Å²) < 4.78 is 25.3. The van der Waals surface area contributed by atoms with E-state index in [-0.39, 0.29) is 29.1 Å². The number of carboxylic acid groups (broad SMARTS) is 1. The Bertz CT molecular complexity index is 1050. The number of hydrazine groups is 1. The van der Waals surface area contributed by atoms with Crippen LogP contribution in [0.1, 0.15) is 20.8 Å². The van der Waals surface area contributed by atoms with Crippen LogP contribution in [0, 0.1) is 5.41 Å². The second-order valence-electron chi connectivity index (χ2n) is 7.06. The van der Waals surface area contributed by atoms with Crippen LogP contribution in [0.3, 0.4) is 0 Å². The summed E-state index contributed by atoms with van der Waals surface area (Å²) in [5.74, 6) is -1.35. The molecule has 29 heavy (non-hydrogen) atoms. The molecular weight excluding hydrogens is 443 g/mol. The monoisotopic (exact) mass is 464 g/mol. The topological polar surface area (TPSA) is 173 Å². The maximum absolute atomic E-state index is 12.6. The molecule has 2 aromatic rings. The number of carbonyl (C=O) groups is 1. The number of hydrogen-bond donors (Lipinski definition) is 5. The van der Waals surface area contributed by atoms with Crippen LogP contribution < -0.4 is 21.7 Å². The Labute approximate surface area is 179 Å². The van der Waals surface area contributed by atoms with Gasteiger partial charge in [0.2, 0.25) is 0 Å². The van der Waals surface area contributed by atoms with Gasteiger partial charge in [0.15, 0.2) is 11.8 Å². The van der Waals surface area contributed by atoms with E-state index < -0.39 is 27.4 Å². The summed E-state index contributed by atoms with van der Waals surface area (Å²) in [6, 6.07) is 2.95. The maximum atomic E-state index is 12.6. The molecule has 0 unspecified atom stereocenters. The lowest BCUT2D eigenvalue weighted by Crippen LogP contribution is -2.53. The third-order valence-corrected chi connectivity index (χ3v) is 5.35. The van der Waals surface area contributed by atoms with Gasteiger partial charge in [0.1, 0.15) is 6.04 Å². The van der Waals surface area contributed by atoms with Crippen molar-refractivity contribution >= 4 is 62.6 Å². The number of carboxylic acids is 1. The number of benzene rings is 1. The van der Waals surface area contributed by atoms with Crippen molar-refractivity contribution in [2.24, 2.45) is 21.9 Å². The quantitative estimate of drug-likeness (QED) is 0.242. The van der Waals surface area contributed by atoms with Crippen molar-refractivity contribution in [3.8, 4) is 0 Å². The summed E-state index contributed by atoms with van der Waals surface area (Å²) in [4.78, 5) is 21.2. The zero-order valence-electron chi connectivity index (χ0n) is 15.8. The molecule has 0 amide bonds. The van der Waals surface area contributed by atoms with Crippen LogP contribution in [0.2, 0.25) is 5.02 Å². The predicted molar refractivity (Wildman–Crippen MR) is 114 cm³/mol. The molecule has 0 spiro atoms. The van der Waals surface area contributed by atoms with Crippen LogP contribution in [0.4, 0.5) is 5.82 Å². The van der Waals surface area contributed by atoms with Gasteiger partial charge in [0.05, 0.1) is 9.92 Å². The molecule has 0 aliphatic rings. The Morgan fingerprint density at radius 2 is 1.90 bits per heavy atom. The molecule has 0 fully saturated rings. The number of nitrogens with two attached hydrogens (primary N) is 2. The van der Waals surface area contributed by atoms with E-state index in [0.29, 0.717) is 15.8 Å². The van der Waals surface area contributed by atoms with E-state index in [4.69, 9.17) is 23.1 Å². The van der Waals surface area contributed by atoms with Crippen LogP contribution in [0.5, 0.6) is 0 Å². The molecule has 1 aromatic carbocycles. The zero-order chi connectivity index (χ0) is 21.3. The highest BCUT2D eigenvalue weighted by Gasteiger charge is 2.32. The normalized spacial score (nSPS) is 12.8. The molecule has 7 N–H and O–H groups in total. The van der Waals surface area contributed by atoms with E-state index in [1.54, 1.807) is 20.8 Å². The van der Waals surface area contributed by atoms with Crippen LogP contribution in [-0.2, 0) is 14.8 Å². The molecule has 1 heterocycles. The van der Waals surface area contributed by atoms with Crippen molar-refractivity contribution in [1.29, 1.82) is 0 Å². The van der Waals surface area contributed by atoms with Gasteiger partial charge < -0.3 is 16.6 Å². The number of pyridine rings is 1. The van der Waals surface area contributed by atoms with Crippen molar-refractivity contribution in [3.05, 3.63) is 29.4 Å². The Kier molecular flexibility index (Phi) is 7.80. The molecule has 0 saturated heterocycles. The van der Waals surface area contributed by atoms with Gasteiger partial charge >= 0.3 is 5.97 Å².